The van der Waals surface area contributed by atoms with E-state index >= 15 is 0 Å². The molecule has 20 heavy (non-hydrogen) atoms. The monoisotopic (exact) mass is 350 g/mol. The molecule has 0 aliphatic carbocycles. The Morgan fingerprint density at radius 2 is 2.25 bits per heavy atom. The molecule has 0 spiro atoms. The molecule has 1 aromatic carbocycles. The number of rotatable bonds is 6. The average molecular weight is 351 g/mol. The van der Waals surface area contributed by atoms with Gasteiger partial charge in [0.05, 0.1) is 21.7 Å². The molecule has 0 amide bonds. The maximum absolute atomic E-state index is 12.0. The van der Waals surface area contributed by atoms with Crippen LogP contribution in [0, 0.1) is 5.92 Å². The van der Waals surface area contributed by atoms with E-state index in [0.717, 1.165) is 14.6 Å². The van der Waals surface area contributed by atoms with Crippen molar-refractivity contribution in [3.05, 3.63) is 18.2 Å². The molecular formula is C12H15ClN2O2S3. The van der Waals surface area contributed by atoms with Crippen LogP contribution in [0.4, 0.5) is 5.69 Å². The maximum atomic E-state index is 12.0. The SMILES string of the molecule is CSc1nc2ccc(NS(=O)(=O)CC(C)CCl)cc2s1. The fraction of sp³-hybridized carbons (Fsp3) is 0.417. The minimum absolute atomic E-state index is 0.0211. The molecule has 0 saturated carbocycles. The van der Waals surface area contributed by atoms with Crippen molar-refractivity contribution < 1.29 is 8.42 Å². The molecule has 1 N–H and O–H groups in total. The molecule has 110 valence electrons. The van der Waals surface area contributed by atoms with Crippen molar-refractivity contribution in [1.82, 2.24) is 4.98 Å². The molecule has 1 aromatic heterocycles. The van der Waals surface area contributed by atoms with Gasteiger partial charge in [-0.3, -0.25) is 4.72 Å². The summed E-state index contributed by atoms with van der Waals surface area (Å²) in [6.45, 7) is 1.81. The molecule has 0 aliphatic heterocycles. The van der Waals surface area contributed by atoms with E-state index in [1.165, 1.54) is 0 Å². The zero-order chi connectivity index (χ0) is 14.8. The van der Waals surface area contributed by atoms with Crippen LogP contribution in [0.15, 0.2) is 22.5 Å². The molecule has 4 nitrogen and oxygen atoms in total. The highest BCUT2D eigenvalue weighted by molar-refractivity contribution is 8.00. The summed E-state index contributed by atoms with van der Waals surface area (Å²) < 4.78 is 28.5. The third kappa shape index (κ3) is 4.00. The van der Waals surface area contributed by atoms with Gasteiger partial charge < -0.3 is 0 Å². The van der Waals surface area contributed by atoms with Crippen LogP contribution in [0.3, 0.4) is 0 Å². The molecule has 1 heterocycles. The molecule has 0 saturated heterocycles. The van der Waals surface area contributed by atoms with Crippen molar-refractivity contribution >= 4 is 60.6 Å². The number of hydrogen-bond donors (Lipinski definition) is 1. The van der Waals surface area contributed by atoms with E-state index in [-0.39, 0.29) is 11.7 Å². The summed E-state index contributed by atoms with van der Waals surface area (Å²) in [7, 11) is -3.37. The predicted octanol–water partition coefficient (Wildman–Crippen LogP) is 3.63. The second-order valence-electron chi connectivity index (χ2n) is 4.51. The summed E-state index contributed by atoms with van der Waals surface area (Å²) in [5.41, 5.74) is 1.45. The first kappa shape index (κ1) is 15.9. The van der Waals surface area contributed by atoms with Gasteiger partial charge in [0.25, 0.3) is 0 Å². The molecule has 1 atom stereocenters. The number of sulfonamides is 1. The number of thioether (sulfide) groups is 1. The third-order valence-corrected chi connectivity index (χ3v) is 6.67. The van der Waals surface area contributed by atoms with E-state index < -0.39 is 10.0 Å². The standard InChI is InChI=1S/C12H15ClN2O2S3/c1-8(6-13)7-20(16,17)15-9-3-4-10-11(5-9)19-12(14-10)18-2/h3-5,8,15H,6-7H2,1-2H3. The Bertz CT molecular complexity index is 700. The summed E-state index contributed by atoms with van der Waals surface area (Å²) in [6.07, 6.45) is 1.97. The van der Waals surface area contributed by atoms with Gasteiger partial charge in [0.2, 0.25) is 10.0 Å². The molecule has 0 bridgehead atoms. The first-order chi connectivity index (χ1) is 9.43. The van der Waals surface area contributed by atoms with Crippen LogP contribution in [-0.4, -0.2) is 31.3 Å². The number of hydrogen-bond acceptors (Lipinski definition) is 5. The van der Waals surface area contributed by atoms with Gasteiger partial charge in [0, 0.05) is 5.88 Å². The Labute approximate surface area is 132 Å². The molecule has 8 heteroatoms. The van der Waals surface area contributed by atoms with Crippen LogP contribution in [0.25, 0.3) is 10.2 Å². The Morgan fingerprint density at radius 3 is 2.90 bits per heavy atom. The lowest BCUT2D eigenvalue weighted by atomic mass is 10.3. The largest absolute Gasteiger partial charge is 0.283 e. The van der Waals surface area contributed by atoms with E-state index in [1.54, 1.807) is 29.2 Å². The Hall–Kier alpha value is -0.500. The summed E-state index contributed by atoms with van der Waals surface area (Å²) >= 11 is 8.79. The van der Waals surface area contributed by atoms with Gasteiger partial charge in [0.1, 0.15) is 0 Å². The number of thiazole rings is 1. The lowest BCUT2D eigenvalue weighted by Crippen LogP contribution is -2.22. The van der Waals surface area contributed by atoms with Crippen molar-refractivity contribution in [2.24, 2.45) is 5.92 Å². The Balaban J connectivity index is 2.21. The highest BCUT2D eigenvalue weighted by atomic mass is 35.5. The summed E-state index contributed by atoms with van der Waals surface area (Å²) in [5.74, 6) is 0.267. The molecule has 0 fully saturated rings. The van der Waals surface area contributed by atoms with Gasteiger partial charge >= 0.3 is 0 Å². The lowest BCUT2D eigenvalue weighted by molar-refractivity contribution is 0.588. The Morgan fingerprint density at radius 1 is 1.50 bits per heavy atom. The highest BCUT2D eigenvalue weighted by Gasteiger charge is 2.15. The van der Waals surface area contributed by atoms with E-state index in [0.29, 0.717) is 11.6 Å². The summed E-state index contributed by atoms with van der Waals surface area (Å²) in [4.78, 5) is 4.42. The van der Waals surface area contributed by atoms with Gasteiger partial charge in [-0.05, 0) is 30.4 Å². The Kier molecular flexibility index (Phi) is 5.17. The average Bonchev–Trinajstić information content (AvgIpc) is 2.79. The van der Waals surface area contributed by atoms with Crippen molar-refractivity contribution in [3.63, 3.8) is 0 Å². The van der Waals surface area contributed by atoms with Gasteiger partial charge in [-0.15, -0.1) is 22.9 Å². The van der Waals surface area contributed by atoms with Crippen molar-refractivity contribution in [2.45, 2.75) is 11.3 Å². The van der Waals surface area contributed by atoms with Gasteiger partial charge in [-0.2, -0.15) is 0 Å². The normalized spacial score (nSPS) is 13.6. The third-order valence-electron chi connectivity index (χ3n) is 2.58. The lowest BCUT2D eigenvalue weighted by Gasteiger charge is -2.11. The zero-order valence-electron chi connectivity index (χ0n) is 11.1. The molecule has 0 aliphatic rings. The molecular weight excluding hydrogens is 336 g/mol. The molecule has 1 unspecified atom stereocenters. The first-order valence-electron chi connectivity index (χ1n) is 5.94. The summed E-state index contributed by atoms with van der Waals surface area (Å²) in [6, 6.07) is 5.37. The van der Waals surface area contributed by atoms with Crippen molar-refractivity contribution in [3.8, 4) is 0 Å². The number of alkyl halides is 1. The molecule has 2 aromatic rings. The van der Waals surface area contributed by atoms with Crippen LogP contribution >= 0.6 is 34.7 Å². The number of nitrogens with zero attached hydrogens (tertiary/aromatic N) is 1. The first-order valence-corrected chi connectivity index (χ1v) is 10.2. The van der Waals surface area contributed by atoms with Gasteiger partial charge in [-0.1, -0.05) is 18.7 Å². The van der Waals surface area contributed by atoms with Crippen LogP contribution in [0.2, 0.25) is 0 Å². The quantitative estimate of drug-likeness (QED) is 0.638. The number of benzene rings is 1. The topological polar surface area (TPSA) is 59.1 Å². The smallest absolute Gasteiger partial charge is 0.233 e. The molecule has 0 radical (unpaired) electrons. The number of anilines is 1. The number of halogens is 1. The highest BCUT2D eigenvalue weighted by Crippen LogP contribution is 2.30. The van der Waals surface area contributed by atoms with Crippen molar-refractivity contribution in [2.75, 3.05) is 22.6 Å². The second kappa shape index (κ2) is 6.51. The number of fused-ring (bicyclic) bond motifs is 1. The van der Waals surface area contributed by atoms with Gasteiger partial charge in [0.15, 0.2) is 4.34 Å². The van der Waals surface area contributed by atoms with Crippen LogP contribution < -0.4 is 4.72 Å². The maximum Gasteiger partial charge on any atom is 0.233 e. The number of nitrogens with one attached hydrogen (secondary N) is 1. The van der Waals surface area contributed by atoms with Crippen LogP contribution in [0.5, 0.6) is 0 Å². The van der Waals surface area contributed by atoms with E-state index in [9.17, 15) is 8.42 Å². The van der Waals surface area contributed by atoms with E-state index in [2.05, 4.69) is 9.71 Å². The fourth-order valence-electron chi connectivity index (χ4n) is 1.69. The minimum Gasteiger partial charge on any atom is -0.283 e. The van der Waals surface area contributed by atoms with Crippen LogP contribution in [-0.2, 0) is 10.0 Å². The summed E-state index contributed by atoms with van der Waals surface area (Å²) in [5, 5.41) is 0. The van der Waals surface area contributed by atoms with Crippen LogP contribution in [0.1, 0.15) is 6.92 Å². The minimum atomic E-state index is -3.37. The zero-order valence-corrected chi connectivity index (χ0v) is 14.3. The van der Waals surface area contributed by atoms with E-state index in [1.807, 2.05) is 25.3 Å². The van der Waals surface area contributed by atoms with E-state index in [4.69, 9.17) is 11.6 Å². The van der Waals surface area contributed by atoms with Gasteiger partial charge in [-0.25, -0.2) is 13.4 Å². The number of aromatic nitrogens is 1. The fourth-order valence-corrected chi connectivity index (χ4v) is 4.90. The predicted molar refractivity (Wildman–Crippen MR) is 88.7 cm³/mol. The van der Waals surface area contributed by atoms with Crippen molar-refractivity contribution in [1.29, 1.82) is 0 Å². The second-order valence-corrected chi connectivity index (χ2v) is 8.67. The molecule has 2 rings (SSSR count).